The first-order chi connectivity index (χ1) is 14.2. The molecule has 0 aliphatic carbocycles. The summed E-state index contributed by atoms with van der Waals surface area (Å²) < 4.78 is 8.67. The van der Waals surface area contributed by atoms with Gasteiger partial charge in [-0.3, -0.25) is 0 Å². The van der Waals surface area contributed by atoms with E-state index in [4.69, 9.17) is 4.74 Å². The number of benzene rings is 2. The lowest BCUT2D eigenvalue weighted by molar-refractivity contribution is 0.206. The smallest absolute Gasteiger partial charge is 0.322 e. The van der Waals surface area contributed by atoms with Gasteiger partial charge in [-0.25, -0.2) is 9.78 Å². The van der Waals surface area contributed by atoms with Crippen molar-refractivity contribution in [1.29, 1.82) is 0 Å². The number of rotatable bonds is 9. The van der Waals surface area contributed by atoms with Gasteiger partial charge in [0.2, 0.25) is 0 Å². The van der Waals surface area contributed by atoms with Gasteiger partial charge in [-0.1, -0.05) is 40.2 Å². The van der Waals surface area contributed by atoms with Gasteiger partial charge in [-0.05, 0) is 37.6 Å². The molecule has 1 heterocycles. The number of carbonyl (C=O) groups is 1. The number of aryl methyl sites for hydroxylation is 1. The SMILES string of the molecule is CCOc1ccccc1CN(CCCn1ccnc1)C(=O)Nc1cccc(Br)c1. The minimum atomic E-state index is -0.139. The van der Waals surface area contributed by atoms with Gasteiger partial charge < -0.3 is 19.5 Å². The number of aromatic nitrogens is 2. The normalized spacial score (nSPS) is 10.6. The maximum atomic E-state index is 13.0. The number of amides is 2. The molecular formula is C22H25BrN4O2. The van der Waals surface area contributed by atoms with Crippen molar-refractivity contribution >= 4 is 27.6 Å². The highest BCUT2D eigenvalue weighted by Gasteiger charge is 2.16. The number of carbonyl (C=O) groups excluding carboxylic acids is 1. The highest BCUT2D eigenvalue weighted by Crippen LogP contribution is 2.21. The van der Waals surface area contributed by atoms with Crippen LogP contribution in [0.25, 0.3) is 0 Å². The quantitative estimate of drug-likeness (QED) is 0.483. The van der Waals surface area contributed by atoms with Crippen LogP contribution in [0.15, 0.2) is 71.7 Å². The summed E-state index contributed by atoms with van der Waals surface area (Å²) in [6, 6.07) is 15.3. The Hall–Kier alpha value is -2.80. The maximum Gasteiger partial charge on any atom is 0.322 e. The van der Waals surface area contributed by atoms with Gasteiger partial charge in [0.1, 0.15) is 5.75 Å². The Morgan fingerprint density at radius 3 is 2.86 bits per heavy atom. The predicted molar refractivity (Wildman–Crippen MR) is 118 cm³/mol. The second-order valence-corrected chi connectivity index (χ2v) is 7.47. The predicted octanol–water partition coefficient (Wildman–Crippen LogP) is 5.17. The van der Waals surface area contributed by atoms with Crippen LogP contribution in [-0.2, 0) is 13.1 Å². The summed E-state index contributed by atoms with van der Waals surface area (Å²) in [5.41, 5.74) is 1.74. The first-order valence-corrected chi connectivity index (χ1v) is 10.4. The van der Waals surface area contributed by atoms with E-state index in [2.05, 4.69) is 26.2 Å². The van der Waals surface area contributed by atoms with E-state index < -0.39 is 0 Å². The molecule has 0 saturated heterocycles. The van der Waals surface area contributed by atoms with E-state index in [0.717, 1.165) is 34.4 Å². The molecule has 0 radical (unpaired) electrons. The third-order valence-electron chi connectivity index (χ3n) is 4.40. The molecule has 0 bridgehead atoms. The summed E-state index contributed by atoms with van der Waals surface area (Å²) in [7, 11) is 0. The summed E-state index contributed by atoms with van der Waals surface area (Å²) in [6.07, 6.45) is 6.29. The van der Waals surface area contributed by atoms with Crippen LogP contribution < -0.4 is 10.1 Å². The molecule has 0 aliphatic heterocycles. The van der Waals surface area contributed by atoms with E-state index in [1.807, 2.05) is 71.1 Å². The van der Waals surface area contributed by atoms with Crippen molar-refractivity contribution in [2.75, 3.05) is 18.5 Å². The van der Waals surface area contributed by atoms with Crippen molar-refractivity contribution in [2.45, 2.75) is 26.4 Å². The molecule has 0 spiro atoms. The van der Waals surface area contributed by atoms with Crippen molar-refractivity contribution in [1.82, 2.24) is 14.5 Å². The highest BCUT2D eigenvalue weighted by atomic mass is 79.9. The number of nitrogens with zero attached hydrogens (tertiary/aromatic N) is 3. The largest absolute Gasteiger partial charge is 0.494 e. The zero-order chi connectivity index (χ0) is 20.5. The van der Waals surface area contributed by atoms with Gasteiger partial charge in [0, 0.05) is 41.2 Å². The van der Waals surface area contributed by atoms with E-state index >= 15 is 0 Å². The number of hydrogen-bond acceptors (Lipinski definition) is 3. The third-order valence-corrected chi connectivity index (χ3v) is 4.89. The Bertz CT molecular complexity index is 915. The molecule has 7 heteroatoms. The monoisotopic (exact) mass is 456 g/mol. The molecule has 1 N–H and O–H groups in total. The molecule has 0 saturated carbocycles. The van der Waals surface area contributed by atoms with Crippen molar-refractivity contribution in [3.8, 4) is 5.75 Å². The molecule has 1 aromatic heterocycles. The van der Waals surface area contributed by atoms with E-state index in [1.165, 1.54) is 0 Å². The van der Waals surface area contributed by atoms with Crippen LogP contribution in [0.4, 0.5) is 10.5 Å². The van der Waals surface area contributed by atoms with Crippen LogP contribution >= 0.6 is 15.9 Å². The molecule has 3 aromatic rings. The Balaban J connectivity index is 1.72. The lowest BCUT2D eigenvalue weighted by Gasteiger charge is -2.24. The number of nitrogens with one attached hydrogen (secondary N) is 1. The zero-order valence-electron chi connectivity index (χ0n) is 16.4. The number of urea groups is 1. The molecule has 0 atom stereocenters. The first kappa shape index (κ1) is 20.9. The second kappa shape index (κ2) is 10.7. The summed E-state index contributed by atoms with van der Waals surface area (Å²) in [5, 5.41) is 3.00. The van der Waals surface area contributed by atoms with Crippen LogP contribution in [-0.4, -0.2) is 33.6 Å². The Morgan fingerprint density at radius 1 is 1.24 bits per heavy atom. The van der Waals surface area contributed by atoms with Gasteiger partial charge in [-0.2, -0.15) is 0 Å². The molecule has 0 fully saturated rings. The second-order valence-electron chi connectivity index (χ2n) is 6.56. The summed E-state index contributed by atoms with van der Waals surface area (Å²) in [6.45, 7) is 4.42. The average molecular weight is 457 g/mol. The molecule has 152 valence electrons. The number of anilines is 1. The molecule has 0 aliphatic rings. The highest BCUT2D eigenvalue weighted by molar-refractivity contribution is 9.10. The zero-order valence-corrected chi connectivity index (χ0v) is 18.0. The third kappa shape index (κ3) is 6.35. The molecule has 2 amide bonds. The van der Waals surface area contributed by atoms with Crippen molar-refractivity contribution in [3.05, 3.63) is 77.3 Å². The van der Waals surface area contributed by atoms with Crippen LogP contribution in [0.3, 0.4) is 0 Å². The van der Waals surface area contributed by atoms with Gasteiger partial charge in [0.15, 0.2) is 0 Å². The lowest BCUT2D eigenvalue weighted by atomic mass is 10.2. The van der Waals surface area contributed by atoms with Gasteiger partial charge in [-0.15, -0.1) is 0 Å². The first-order valence-electron chi connectivity index (χ1n) is 9.63. The fourth-order valence-corrected chi connectivity index (χ4v) is 3.42. The Kier molecular flexibility index (Phi) is 7.69. The number of para-hydroxylation sites is 1. The Morgan fingerprint density at radius 2 is 2.10 bits per heavy atom. The van der Waals surface area contributed by atoms with E-state index in [9.17, 15) is 4.79 Å². The number of ether oxygens (including phenoxy) is 1. The van der Waals surface area contributed by atoms with E-state index in [0.29, 0.717) is 19.7 Å². The minimum absolute atomic E-state index is 0.139. The summed E-state index contributed by atoms with van der Waals surface area (Å²) >= 11 is 3.44. The van der Waals surface area contributed by atoms with Crippen molar-refractivity contribution in [3.63, 3.8) is 0 Å². The summed E-state index contributed by atoms with van der Waals surface area (Å²) in [5.74, 6) is 0.810. The fraction of sp³-hybridized carbons (Fsp3) is 0.273. The molecule has 0 unspecified atom stereocenters. The standard InChI is InChI=1S/C22H25BrN4O2/c1-2-29-21-10-4-3-7-18(21)16-27(13-6-12-26-14-11-24-17-26)22(28)25-20-9-5-8-19(23)15-20/h3-5,7-11,14-15,17H,2,6,12-13,16H2,1H3,(H,25,28). The van der Waals surface area contributed by atoms with Gasteiger partial charge in [0.05, 0.1) is 19.5 Å². The molecule has 29 heavy (non-hydrogen) atoms. The van der Waals surface area contributed by atoms with Crippen molar-refractivity contribution in [2.24, 2.45) is 0 Å². The molecule has 2 aromatic carbocycles. The van der Waals surface area contributed by atoms with Crippen LogP contribution in [0.1, 0.15) is 18.9 Å². The number of imidazole rings is 1. The molecular weight excluding hydrogens is 432 g/mol. The van der Waals surface area contributed by atoms with Gasteiger partial charge >= 0.3 is 6.03 Å². The average Bonchev–Trinajstić information content (AvgIpc) is 3.22. The van der Waals surface area contributed by atoms with Crippen LogP contribution in [0.2, 0.25) is 0 Å². The van der Waals surface area contributed by atoms with E-state index in [1.54, 1.807) is 12.5 Å². The van der Waals surface area contributed by atoms with Gasteiger partial charge in [0.25, 0.3) is 0 Å². The van der Waals surface area contributed by atoms with Crippen LogP contribution in [0.5, 0.6) is 5.75 Å². The van der Waals surface area contributed by atoms with Crippen LogP contribution in [0, 0.1) is 0 Å². The van der Waals surface area contributed by atoms with Crippen molar-refractivity contribution < 1.29 is 9.53 Å². The number of halogens is 1. The topological polar surface area (TPSA) is 59.4 Å². The fourth-order valence-electron chi connectivity index (χ4n) is 3.02. The minimum Gasteiger partial charge on any atom is -0.494 e. The maximum absolute atomic E-state index is 13.0. The Labute approximate surface area is 179 Å². The lowest BCUT2D eigenvalue weighted by Crippen LogP contribution is -2.35. The molecule has 3 rings (SSSR count). The van der Waals surface area contributed by atoms with E-state index in [-0.39, 0.29) is 6.03 Å². The number of hydrogen-bond donors (Lipinski definition) is 1. The summed E-state index contributed by atoms with van der Waals surface area (Å²) in [4.78, 5) is 18.9. The molecule has 6 nitrogen and oxygen atoms in total.